The number of halogens is 1. The minimum Gasteiger partial charge on any atom is -0.253 e. The number of nitrogens with one attached hydrogen (secondary N) is 1. The van der Waals surface area contributed by atoms with Crippen molar-refractivity contribution in [2.24, 2.45) is 0 Å². The second-order valence-corrected chi connectivity index (χ2v) is 5.05. The van der Waals surface area contributed by atoms with Crippen molar-refractivity contribution in [2.75, 3.05) is 19.6 Å². The monoisotopic (exact) mass is 230 g/mol. The fraction of sp³-hybridized carbons (Fsp3) is 1.00. The van der Waals surface area contributed by atoms with Gasteiger partial charge in [-0.3, -0.25) is 5.43 Å². The Hall–Kier alpha value is 0.910. The molecule has 0 radical (unpaired) electrons. The molecule has 0 unspecified atom stereocenters. The molecule has 0 aliphatic carbocycles. The van der Waals surface area contributed by atoms with Crippen LogP contribution >= 0.6 is 37.7 Å². The third-order valence-electron chi connectivity index (χ3n) is 1.40. The highest BCUT2D eigenvalue weighted by Gasteiger charge is 2.12. The molecule has 0 aromatic heterocycles. The van der Waals surface area contributed by atoms with E-state index < -0.39 is 0 Å². The van der Waals surface area contributed by atoms with E-state index in [1.165, 1.54) is 0 Å². The predicted molar refractivity (Wildman–Crippen MR) is 64.5 cm³/mol. The quantitative estimate of drug-likeness (QED) is 0.380. The summed E-state index contributed by atoms with van der Waals surface area (Å²) < 4.78 is -0.234. The minimum absolute atomic E-state index is 0. The Morgan fingerprint density at radius 3 is 1.92 bits per heavy atom. The molecule has 0 spiro atoms. The lowest BCUT2D eigenvalue weighted by Gasteiger charge is -2.24. The normalized spacial score (nSPS) is 11.5. The molecule has 76 valence electrons. The third-order valence-corrected chi connectivity index (χ3v) is 1.72. The molecule has 0 saturated carbocycles. The summed E-state index contributed by atoms with van der Waals surface area (Å²) in [6.07, 6.45) is 0. The zero-order chi connectivity index (χ0) is 8.91. The Balaban J connectivity index is 0. The molecule has 5 heteroatoms. The summed E-state index contributed by atoms with van der Waals surface area (Å²) in [5.74, 6) is 0. The van der Waals surface area contributed by atoms with Crippen LogP contribution in [0.2, 0.25) is 0 Å². The van der Waals surface area contributed by atoms with Crippen molar-refractivity contribution >= 4 is 37.7 Å². The van der Waals surface area contributed by atoms with E-state index >= 15 is 0 Å². The number of hydrazine groups is 1. The molecule has 0 aromatic rings. The fourth-order valence-corrected chi connectivity index (χ4v) is 0.850. The van der Waals surface area contributed by atoms with Crippen molar-refractivity contribution in [1.29, 1.82) is 0 Å². The van der Waals surface area contributed by atoms with Gasteiger partial charge < -0.3 is 0 Å². The maximum absolute atomic E-state index is 4.28. The van der Waals surface area contributed by atoms with E-state index in [1.807, 2.05) is 6.92 Å². The van der Waals surface area contributed by atoms with E-state index in [9.17, 15) is 0 Å². The minimum atomic E-state index is -0.234. The van der Waals surface area contributed by atoms with Crippen LogP contribution in [-0.2, 0) is 0 Å². The van der Waals surface area contributed by atoms with Gasteiger partial charge in [-0.15, -0.1) is 12.4 Å². The molecule has 12 heavy (non-hydrogen) atoms. The first kappa shape index (κ1) is 15.4. The highest BCUT2D eigenvalue weighted by Crippen LogP contribution is 2.16. The average Bonchev–Trinajstić information content (AvgIpc) is 1.88. The lowest BCUT2D eigenvalue weighted by atomic mass is 10.5. The third kappa shape index (κ3) is 9.00. The molecular weight excluding hydrogens is 212 g/mol. The van der Waals surface area contributed by atoms with Gasteiger partial charge in [-0.2, -0.15) is 25.3 Å². The van der Waals surface area contributed by atoms with Gasteiger partial charge in [-0.05, 0) is 6.92 Å². The summed E-state index contributed by atoms with van der Waals surface area (Å²) in [5.41, 5.74) is 3.24. The standard InChI is InChI=1S/C7H18N2S2.ClH/c1-4-9(5-2)8-6-7(3,10)11;/h8,10-11H,4-6H2,1-3H3;1H. The molecule has 0 heterocycles. The Morgan fingerprint density at radius 2 is 1.67 bits per heavy atom. The number of thiol groups is 2. The summed E-state index contributed by atoms with van der Waals surface area (Å²) in [4.78, 5) is 0. The number of rotatable bonds is 5. The van der Waals surface area contributed by atoms with Crippen LogP contribution in [0.1, 0.15) is 20.8 Å². The van der Waals surface area contributed by atoms with Gasteiger partial charge in [0.1, 0.15) is 0 Å². The summed E-state index contributed by atoms with van der Waals surface area (Å²) >= 11 is 8.56. The Bertz CT molecular complexity index is 102. The van der Waals surface area contributed by atoms with Gasteiger partial charge in [0.15, 0.2) is 0 Å². The van der Waals surface area contributed by atoms with E-state index in [2.05, 4.69) is 49.5 Å². The van der Waals surface area contributed by atoms with Crippen molar-refractivity contribution in [3.05, 3.63) is 0 Å². The van der Waals surface area contributed by atoms with Crippen molar-refractivity contribution < 1.29 is 0 Å². The molecule has 0 amide bonds. The molecule has 0 rings (SSSR count). The SMILES string of the molecule is CCN(CC)NCC(C)(S)S.Cl. The van der Waals surface area contributed by atoms with Crippen molar-refractivity contribution in [3.8, 4) is 0 Å². The highest BCUT2D eigenvalue weighted by atomic mass is 35.5. The van der Waals surface area contributed by atoms with Gasteiger partial charge in [0, 0.05) is 19.6 Å². The molecule has 0 aromatic carbocycles. The second kappa shape index (κ2) is 7.33. The maximum atomic E-state index is 4.28. The number of hydrogen-bond donors (Lipinski definition) is 3. The predicted octanol–water partition coefficient (Wildman–Crippen LogP) is 1.83. The van der Waals surface area contributed by atoms with E-state index in [0.717, 1.165) is 19.6 Å². The number of hydrogen-bond acceptors (Lipinski definition) is 4. The summed E-state index contributed by atoms with van der Waals surface area (Å²) in [7, 11) is 0. The van der Waals surface area contributed by atoms with Crippen LogP contribution in [0.3, 0.4) is 0 Å². The van der Waals surface area contributed by atoms with E-state index in [0.29, 0.717) is 0 Å². The topological polar surface area (TPSA) is 15.3 Å². The van der Waals surface area contributed by atoms with E-state index in [4.69, 9.17) is 0 Å². The molecule has 1 N–H and O–H groups in total. The van der Waals surface area contributed by atoms with Gasteiger partial charge in [0.05, 0.1) is 4.08 Å². The Kier molecular flexibility index (Phi) is 9.39. The molecule has 0 aliphatic rings. The lowest BCUT2D eigenvalue weighted by Crippen LogP contribution is -2.42. The van der Waals surface area contributed by atoms with Crippen LogP contribution in [-0.4, -0.2) is 28.7 Å². The molecule has 0 aliphatic heterocycles. The van der Waals surface area contributed by atoms with Crippen molar-refractivity contribution in [3.63, 3.8) is 0 Å². The molecule has 2 nitrogen and oxygen atoms in total. The van der Waals surface area contributed by atoms with Crippen LogP contribution in [0, 0.1) is 0 Å². The van der Waals surface area contributed by atoms with Crippen LogP contribution < -0.4 is 5.43 Å². The first-order chi connectivity index (χ1) is 4.99. The smallest absolute Gasteiger partial charge is 0.0661 e. The van der Waals surface area contributed by atoms with E-state index in [1.54, 1.807) is 0 Å². The van der Waals surface area contributed by atoms with Gasteiger partial charge in [0.25, 0.3) is 0 Å². The summed E-state index contributed by atoms with van der Waals surface area (Å²) in [5, 5.41) is 2.13. The van der Waals surface area contributed by atoms with Gasteiger partial charge in [-0.1, -0.05) is 13.8 Å². The zero-order valence-corrected chi connectivity index (χ0v) is 10.5. The average molecular weight is 231 g/mol. The second-order valence-electron chi connectivity index (χ2n) is 2.72. The molecule has 0 saturated heterocycles. The van der Waals surface area contributed by atoms with Crippen LogP contribution in [0.4, 0.5) is 0 Å². The van der Waals surface area contributed by atoms with Crippen LogP contribution in [0.15, 0.2) is 0 Å². The molecule has 0 atom stereocenters. The maximum Gasteiger partial charge on any atom is 0.0661 e. The fourth-order valence-electron chi connectivity index (χ4n) is 0.709. The van der Waals surface area contributed by atoms with Gasteiger partial charge in [-0.25, -0.2) is 5.01 Å². The highest BCUT2D eigenvalue weighted by molar-refractivity contribution is 8.00. The largest absolute Gasteiger partial charge is 0.253 e. The van der Waals surface area contributed by atoms with Gasteiger partial charge in [0.2, 0.25) is 0 Å². The van der Waals surface area contributed by atoms with Crippen LogP contribution in [0.25, 0.3) is 0 Å². The first-order valence-corrected chi connectivity index (χ1v) is 4.82. The van der Waals surface area contributed by atoms with Crippen molar-refractivity contribution in [2.45, 2.75) is 24.9 Å². The summed E-state index contributed by atoms with van der Waals surface area (Å²) in [6.45, 7) is 8.99. The molecule has 0 bridgehead atoms. The number of nitrogens with zero attached hydrogens (tertiary/aromatic N) is 1. The van der Waals surface area contributed by atoms with Gasteiger partial charge >= 0.3 is 0 Å². The van der Waals surface area contributed by atoms with E-state index in [-0.39, 0.29) is 16.5 Å². The van der Waals surface area contributed by atoms with Crippen LogP contribution in [0.5, 0.6) is 0 Å². The Morgan fingerprint density at radius 1 is 1.25 bits per heavy atom. The molecule has 0 fully saturated rings. The lowest BCUT2D eigenvalue weighted by molar-refractivity contribution is 0.209. The van der Waals surface area contributed by atoms with Crippen molar-refractivity contribution in [1.82, 2.24) is 10.4 Å². The molecular formula is C7H19ClN2S2. The summed E-state index contributed by atoms with van der Waals surface area (Å²) in [6, 6.07) is 0. The Labute approximate surface area is 92.7 Å². The zero-order valence-electron chi connectivity index (χ0n) is 7.87. The first-order valence-electron chi connectivity index (χ1n) is 3.92.